The van der Waals surface area contributed by atoms with Gasteiger partial charge in [0.15, 0.2) is 5.65 Å². The molecular weight excluding hydrogens is 420 g/mol. The van der Waals surface area contributed by atoms with Gasteiger partial charge in [-0.15, -0.1) is 11.3 Å². The maximum Gasteiger partial charge on any atom is 0.266 e. The number of nitrogens with one attached hydrogen (secondary N) is 1. The number of carbonyl (C=O) groups is 1. The first-order valence-electron chi connectivity index (χ1n) is 7.67. The van der Waals surface area contributed by atoms with Gasteiger partial charge in [-0.25, -0.2) is 14.6 Å². The lowest BCUT2D eigenvalue weighted by Crippen LogP contribution is -2.28. The molecule has 0 bridgehead atoms. The molecule has 3 aromatic heterocycles. The highest BCUT2D eigenvalue weighted by molar-refractivity contribution is 9.10. The molecule has 0 fully saturated rings. The van der Waals surface area contributed by atoms with Crippen LogP contribution in [0.1, 0.15) is 5.01 Å². The molecule has 0 aliphatic rings. The molecule has 4 rings (SSSR count). The minimum absolute atomic E-state index is 0.136. The SMILES string of the molecule is Cc1nc2ccc(NC(=O)Cn3cnc4c(c(Br)nn4C)c3=O)cc2s1. The van der Waals surface area contributed by atoms with Crippen molar-refractivity contribution in [3.8, 4) is 0 Å². The fourth-order valence-corrected chi connectivity index (χ4v) is 4.17. The summed E-state index contributed by atoms with van der Waals surface area (Å²) in [6, 6.07) is 5.53. The molecule has 0 saturated carbocycles. The molecule has 1 N–H and O–H groups in total. The van der Waals surface area contributed by atoms with E-state index < -0.39 is 0 Å². The number of hydrogen-bond acceptors (Lipinski definition) is 6. The second-order valence-corrected chi connectivity index (χ2v) is 7.74. The molecular formula is C16H13BrN6O2S. The van der Waals surface area contributed by atoms with Gasteiger partial charge in [0, 0.05) is 12.7 Å². The zero-order valence-corrected chi connectivity index (χ0v) is 16.3. The third kappa shape index (κ3) is 2.90. The Balaban J connectivity index is 1.59. The predicted octanol–water partition coefficient (Wildman–Crippen LogP) is 2.45. The molecule has 26 heavy (non-hydrogen) atoms. The van der Waals surface area contributed by atoms with Gasteiger partial charge in [-0.3, -0.25) is 14.2 Å². The lowest BCUT2D eigenvalue weighted by molar-refractivity contribution is -0.116. The third-order valence-electron chi connectivity index (χ3n) is 3.86. The lowest BCUT2D eigenvalue weighted by Gasteiger charge is -2.07. The quantitative estimate of drug-likeness (QED) is 0.536. The van der Waals surface area contributed by atoms with Crippen molar-refractivity contribution >= 4 is 60.1 Å². The summed E-state index contributed by atoms with van der Waals surface area (Å²) in [4.78, 5) is 33.5. The summed E-state index contributed by atoms with van der Waals surface area (Å²) in [5, 5.41) is 8.25. The van der Waals surface area contributed by atoms with E-state index in [4.69, 9.17) is 0 Å². The molecule has 3 heterocycles. The summed E-state index contributed by atoms with van der Waals surface area (Å²) in [6.45, 7) is 1.80. The second kappa shape index (κ2) is 6.29. The van der Waals surface area contributed by atoms with Crippen molar-refractivity contribution in [3.05, 3.63) is 44.5 Å². The maximum absolute atomic E-state index is 12.6. The van der Waals surface area contributed by atoms with Crippen LogP contribution in [0.3, 0.4) is 0 Å². The topological polar surface area (TPSA) is 94.7 Å². The van der Waals surface area contributed by atoms with Gasteiger partial charge >= 0.3 is 0 Å². The summed E-state index contributed by atoms with van der Waals surface area (Å²) in [6.07, 6.45) is 1.36. The van der Waals surface area contributed by atoms with E-state index in [0.29, 0.717) is 21.3 Å². The summed E-state index contributed by atoms with van der Waals surface area (Å²) < 4.78 is 4.19. The van der Waals surface area contributed by atoms with Crippen molar-refractivity contribution in [1.29, 1.82) is 0 Å². The van der Waals surface area contributed by atoms with Gasteiger partial charge < -0.3 is 5.32 Å². The van der Waals surface area contributed by atoms with Crippen LogP contribution < -0.4 is 10.9 Å². The van der Waals surface area contributed by atoms with Crippen LogP contribution >= 0.6 is 27.3 Å². The first-order chi connectivity index (χ1) is 12.4. The van der Waals surface area contributed by atoms with Crippen LogP contribution in [0.25, 0.3) is 21.3 Å². The minimum Gasteiger partial charge on any atom is -0.324 e. The van der Waals surface area contributed by atoms with Gasteiger partial charge in [-0.2, -0.15) is 5.10 Å². The van der Waals surface area contributed by atoms with Crippen molar-refractivity contribution in [2.75, 3.05) is 5.32 Å². The highest BCUT2D eigenvalue weighted by atomic mass is 79.9. The Morgan fingerprint density at radius 1 is 1.38 bits per heavy atom. The largest absolute Gasteiger partial charge is 0.324 e. The second-order valence-electron chi connectivity index (χ2n) is 5.75. The number of benzene rings is 1. The van der Waals surface area contributed by atoms with Crippen molar-refractivity contribution in [2.45, 2.75) is 13.5 Å². The van der Waals surface area contributed by atoms with E-state index in [1.165, 1.54) is 15.6 Å². The van der Waals surface area contributed by atoms with Gasteiger partial charge in [-0.05, 0) is 41.1 Å². The number of aromatic nitrogens is 5. The van der Waals surface area contributed by atoms with E-state index in [-0.39, 0.29) is 18.0 Å². The van der Waals surface area contributed by atoms with Crippen LogP contribution in [0.4, 0.5) is 5.69 Å². The minimum atomic E-state index is -0.321. The highest BCUT2D eigenvalue weighted by Crippen LogP contribution is 2.24. The normalized spacial score (nSPS) is 11.3. The number of aryl methyl sites for hydroxylation is 2. The molecule has 10 heteroatoms. The van der Waals surface area contributed by atoms with Crippen LogP contribution in [0.15, 0.2) is 33.9 Å². The number of hydrogen-bond donors (Lipinski definition) is 1. The smallest absolute Gasteiger partial charge is 0.266 e. The summed E-state index contributed by atoms with van der Waals surface area (Å²) in [5.41, 5.74) is 1.71. The fraction of sp³-hybridized carbons (Fsp3) is 0.188. The van der Waals surface area contributed by atoms with Crippen molar-refractivity contribution in [1.82, 2.24) is 24.3 Å². The molecule has 8 nitrogen and oxygen atoms in total. The van der Waals surface area contributed by atoms with Crippen LogP contribution in [0.2, 0.25) is 0 Å². The van der Waals surface area contributed by atoms with Crippen molar-refractivity contribution in [2.24, 2.45) is 7.05 Å². The number of amides is 1. The van der Waals surface area contributed by atoms with Gasteiger partial charge in [0.25, 0.3) is 5.56 Å². The Morgan fingerprint density at radius 2 is 2.19 bits per heavy atom. The van der Waals surface area contributed by atoms with E-state index in [0.717, 1.165) is 15.2 Å². The summed E-state index contributed by atoms with van der Waals surface area (Å²) in [7, 11) is 1.70. The standard InChI is InChI=1S/C16H13BrN6O2S/c1-8-19-10-4-3-9(5-11(10)26-8)20-12(24)6-23-7-18-15-13(16(23)25)14(17)21-22(15)2/h3-5,7H,6H2,1-2H3,(H,20,24). The van der Waals surface area contributed by atoms with Crippen molar-refractivity contribution < 1.29 is 4.79 Å². The lowest BCUT2D eigenvalue weighted by atomic mass is 10.3. The predicted molar refractivity (Wildman–Crippen MR) is 103 cm³/mol. The first kappa shape index (κ1) is 16.9. The molecule has 0 spiro atoms. The molecule has 0 atom stereocenters. The number of anilines is 1. The summed E-state index contributed by atoms with van der Waals surface area (Å²) in [5.74, 6) is -0.311. The highest BCUT2D eigenvalue weighted by Gasteiger charge is 2.15. The maximum atomic E-state index is 12.6. The Hall–Kier alpha value is -2.59. The van der Waals surface area contributed by atoms with Crippen LogP contribution in [0.5, 0.6) is 0 Å². The van der Waals surface area contributed by atoms with E-state index in [9.17, 15) is 9.59 Å². The van der Waals surface area contributed by atoms with Gasteiger partial charge in [-0.1, -0.05) is 0 Å². The Bertz CT molecular complexity index is 1220. The zero-order chi connectivity index (χ0) is 18.4. The molecule has 0 radical (unpaired) electrons. The average molecular weight is 433 g/mol. The van der Waals surface area contributed by atoms with Crippen LogP contribution in [-0.4, -0.2) is 30.2 Å². The average Bonchev–Trinajstić information content (AvgIpc) is 3.08. The Labute approximate surface area is 159 Å². The molecule has 0 aliphatic carbocycles. The molecule has 1 amide bonds. The summed E-state index contributed by atoms with van der Waals surface area (Å²) >= 11 is 4.82. The van der Waals surface area contributed by atoms with Gasteiger partial charge in [0.1, 0.15) is 22.9 Å². The van der Waals surface area contributed by atoms with Gasteiger partial charge in [0.05, 0.1) is 15.2 Å². The van der Waals surface area contributed by atoms with Crippen LogP contribution in [0, 0.1) is 6.92 Å². The first-order valence-corrected chi connectivity index (χ1v) is 9.28. The van der Waals surface area contributed by atoms with E-state index >= 15 is 0 Å². The number of fused-ring (bicyclic) bond motifs is 2. The number of rotatable bonds is 3. The monoisotopic (exact) mass is 432 g/mol. The molecule has 132 valence electrons. The molecule has 1 aromatic carbocycles. The Kier molecular flexibility index (Phi) is 4.08. The van der Waals surface area contributed by atoms with Crippen molar-refractivity contribution in [3.63, 3.8) is 0 Å². The fourth-order valence-electron chi connectivity index (χ4n) is 2.72. The number of thiazole rings is 1. The number of halogens is 1. The van der Waals surface area contributed by atoms with Crippen LogP contribution in [-0.2, 0) is 18.4 Å². The number of nitrogens with zero attached hydrogens (tertiary/aromatic N) is 5. The van der Waals surface area contributed by atoms with Gasteiger partial charge in [0.2, 0.25) is 5.91 Å². The Morgan fingerprint density at radius 3 is 3.00 bits per heavy atom. The van der Waals surface area contributed by atoms with E-state index in [2.05, 4.69) is 36.3 Å². The molecule has 0 aliphatic heterocycles. The molecule has 0 unspecified atom stereocenters. The molecule has 4 aromatic rings. The number of carbonyl (C=O) groups excluding carboxylic acids is 1. The zero-order valence-electron chi connectivity index (χ0n) is 13.9. The molecule has 0 saturated heterocycles. The van der Waals surface area contributed by atoms with E-state index in [1.807, 2.05) is 19.1 Å². The van der Waals surface area contributed by atoms with E-state index in [1.54, 1.807) is 24.5 Å². The third-order valence-corrected chi connectivity index (χ3v) is 5.35.